The van der Waals surface area contributed by atoms with Crippen LogP contribution in [-0.2, 0) is 4.74 Å². The fourth-order valence-corrected chi connectivity index (χ4v) is 2.25. The van der Waals surface area contributed by atoms with E-state index in [1.54, 1.807) is 13.4 Å². The molecule has 4 heteroatoms. The molecule has 0 saturated carbocycles. The summed E-state index contributed by atoms with van der Waals surface area (Å²) >= 11 is 0. The lowest BCUT2D eigenvalue weighted by Crippen LogP contribution is -2.37. The van der Waals surface area contributed by atoms with Gasteiger partial charge in [-0.05, 0) is 24.1 Å². The molecule has 108 valence electrons. The number of ether oxygens (including phenoxy) is 1. The predicted molar refractivity (Wildman–Crippen MR) is 77.5 cm³/mol. The molecule has 2 rings (SSSR count). The summed E-state index contributed by atoms with van der Waals surface area (Å²) in [4.78, 5) is 0. The Morgan fingerprint density at radius 3 is 2.60 bits per heavy atom. The van der Waals surface area contributed by atoms with E-state index < -0.39 is 0 Å². The molecule has 1 aromatic carbocycles. The highest BCUT2D eigenvalue weighted by molar-refractivity contribution is 5.26. The standard InChI is InChI=1S/C16H21NO3/c1-19-12-14(9-10-18)17-16(15-8-5-11-20-15)13-6-3-2-4-7-13/h2-8,11,14,16-18H,9-10,12H2,1H3. The predicted octanol–water partition coefficient (Wildman–Crippen LogP) is 2.36. The van der Waals surface area contributed by atoms with Gasteiger partial charge in [0.1, 0.15) is 5.76 Å². The quantitative estimate of drug-likeness (QED) is 0.776. The first-order valence-corrected chi connectivity index (χ1v) is 6.79. The van der Waals surface area contributed by atoms with Gasteiger partial charge in [0, 0.05) is 19.8 Å². The zero-order valence-electron chi connectivity index (χ0n) is 11.7. The zero-order chi connectivity index (χ0) is 14.2. The van der Waals surface area contributed by atoms with Gasteiger partial charge in [-0.2, -0.15) is 0 Å². The second-order valence-corrected chi connectivity index (χ2v) is 4.69. The lowest BCUT2D eigenvalue weighted by molar-refractivity contribution is 0.143. The molecule has 2 unspecified atom stereocenters. The molecule has 0 spiro atoms. The van der Waals surface area contributed by atoms with Gasteiger partial charge in [-0.1, -0.05) is 30.3 Å². The maximum absolute atomic E-state index is 9.16. The van der Waals surface area contributed by atoms with Crippen molar-refractivity contribution in [3.63, 3.8) is 0 Å². The maximum Gasteiger partial charge on any atom is 0.125 e. The van der Waals surface area contributed by atoms with Gasteiger partial charge in [0.15, 0.2) is 0 Å². The van der Waals surface area contributed by atoms with Crippen molar-refractivity contribution in [2.24, 2.45) is 0 Å². The van der Waals surface area contributed by atoms with Crippen LogP contribution >= 0.6 is 0 Å². The third kappa shape index (κ3) is 3.93. The first-order valence-electron chi connectivity index (χ1n) is 6.79. The molecule has 1 aromatic heterocycles. The second-order valence-electron chi connectivity index (χ2n) is 4.69. The molecule has 1 heterocycles. The average Bonchev–Trinajstić information content (AvgIpc) is 3.00. The largest absolute Gasteiger partial charge is 0.467 e. The van der Waals surface area contributed by atoms with E-state index in [0.29, 0.717) is 13.0 Å². The number of hydrogen-bond acceptors (Lipinski definition) is 4. The van der Waals surface area contributed by atoms with Crippen molar-refractivity contribution in [1.29, 1.82) is 0 Å². The fourth-order valence-electron chi connectivity index (χ4n) is 2.25. The van der Waals surface area contributed by atoms with Gasteiger partial charge < -0.3 is 14.3 Å². The van der Waals surface area contributed by atoms with Gasteiger partial charge in [-0.3, -0.25) is 5.32 Å². The van der Waals surface area contributed by atoms with Crippen LogP contribution in [0.2, 0.25) is 0 Å². The SMILES string of the molecule is COCC(CCO)NC(c1ccccc1)c1ccco1. The zero-order valence-corrected chi connectivity index (χ0v) is 11.7. The summed E-state index contributed by atoms with van der Waals surface area (Å²) in [6, 6.07) is 14.0. The number of nitrogens with one attached hydrogen (secondary N) is 1. The Balaban J connectivity index is 2.19. The van der Waals surface area contributed by atoms with Gasteiger partial charge in [-0.15, -0.1) is 0 Å². The maximum atomic E-state index is 9.16. The number of aliphatic hydroxyl groups excluding tert-OH is 1. The van der Waals surface area contributed by atoms with E-state index >= 15 is 0 Å². The number of furan rings is 1. The molecule has 0 amide bonds. The summed E-state index contributed by atoms with van der Waals surface area (Å²) in [6.07, 6.45) is 2.31. The number of methoxy groups -OCH3 is 1. The van der Waals surface area contributed by atoms with E-state index in [-0.39, 0.29) is 18.7 Å². The molecule has 2 N–H and O–H groups in total. The van der Waals surface area contributed by atoms with Crippen LogP contribution in [0.1, 0.15) is 23.8 Å². The van der Waals surface area contributed by atoms with Crippen LogP contribution in [0.5, 0.6) is 0 Å². The molecular formula is C16H21NO3. The summed E-state index contributed by atoms with van der Waals surface area (Å²) < 4.78 is 10.7. The van der Waals surface area contributed by atoms with Gasteiger partial charge in [0.05, 0.1) is 18.9 Å². The Hall–Kier alpha value is -1.62. The van der Waals surface area contributed by atoms with Crippen molar-refractivity contribution in [2.75, 3.05) is 20.3 Å². The van der Waals surface area contributed by atoms with Gasteiger partial charge in [0.25, 0.3) is 0 Å². The molecule has 0 saturated heterocycles. The summed E-state index contributed by atoms with van der Waals surface area (Å²) in [7, 11) is 1.66. The van der Waals surface area contributed by atoms with E-state index in [9.17, 15) is 0 Å². The third-order valence-corrected chi connectivity index (χ3v) is 3.21. The van der Waals surface area contributed by atoms with Crippen LogP contribution in [-0.4, -0.2) is 31.5 Å². The highest BCUT2D eigenvalue weighted by Gasteiger charge is 2.20. The smallest absolute Gasteiger partial charge is 0.125 e. The number of aliphatic hydroxyl groups is 1. The lowest BCUT2D eigenvalue weighted by atomic mass is 10.0. The Morgan fingerprint density at radius 1 is 1.20 bits per heavy atom. The molecule has 0 aliphatic rings. The first-order chi connectivity index (χ1) is 9.85. The number of rotatable bonds is 8. The third-order valence-electron chi connectivity index (χ3n) is 3.21. The molecule has 0 fully saturated rings. The molecule has 0 bridgehead atoms. The van der Waals surface area contributed by atoms with Crippen LogP contribution in [0.25, 0.3) is 0 Å². The first kappa shape index (κ1) is 14.8. The van der Waals surface area contributed by atoms with E-state index in [4.69, 9.17) is 14.3 Å². The molecule has 0 aliphatic heterocycles. The molecule has 0 aliphatic carbocycles. The normalized spacial score (nSPS) is 14.1. The summed E-state index contributed by atoms with van der Waals surface area (Å²) in [5.41, 5.74) is 1.13. The Bertz CT molecular complexity index is 464. The fraction of sp³-hybridized carbons (Fsp3) is 0.375. The van der Waals surface area contributed by atoms with Crippen molar-refractivity contribution in [2.45, 2.75) is 18.5 Å². The molecule has 2 atom stereocenters. The summed E-state index contributed by atoms with van der Waals surface area (Å²) in [6.45, 7) is 0.672. The van der Waals surface area contributed by atoms with Crippen molar-refractivity contribution in [3.8, 4) is 0 Å². The highest BCUT2D eigenvalue weighted by Crippen LogP contribution is 2.23. The van der Waals surface area contributed by atoms with Crippen LogP contribution in [0.3, 0.4) is 0 Å². The van der Waals surface area contributed by atoms with Gasteiger partial charge in [-0.25, -0.2) is 0 Å². The van der Waals surface area contributed by atoms with E-state index in [1.165, 1.54) is 0 Å². The van der Waals surface area contributed by atoms with Crippen LogP contribution in [0.15, 0.2) is 53.1 Å². The van der Waals surface area contributed by atoms with Crippen molar-refractivity contribution < 1.29 is 14.3 Å². The Labute approximate surface area is 119 Å². The van der Waals surface area contributed by atoms with Gasteiger partial charge >= 0.3 is 0 Å². The van der Waals surface area contributed by atoms with E-state index in [1.807, 2.05) is 30.3 Å². The average molecular weight is 275 g/mol. The van der Waals surface area contributed by atoms with Crippen LogP contribution in [0, 0.1) is 0 Å². The van der Waals surface area contributed by atoms with Crippen LogP contribution < -0.4 is 5.32 Å². The number of hydrogen-bond donors (Lipinski definition) is 2. The molecule has 2 aromatic rings. The highest BCUT2D eigenvalue weighted by atomic mass is 16.5. The minimum Gasteiger partial charge on any atom is -0.467 e. The van der Waals surface area contributed by atoms with E-state index in [2.05, 4.69) is 17.4 Å². The van der Waals surface area contributed by atoms with Crippen molar-refractivity contribution in [1.82, 2.24) is 5.32 Å². The van der Waals surface area contributed by atoms with Crippen molar-refractivity contribution in [3.05, 3.63) is 60.1 Å². The summed E-state index contributed by atoms with van der Waals surface area (Å²) in [5.74, 6) is 0.857. The summed E-state index contributed by atoms with van der Waals surface area (Å²) in [5, 5.41) is 12.7. The minimum atomic E-state index is -0.0436. The monoisotopic (exact) mass is 275 g/mol. The Kier molecular flexibility index (Phi) is 5.80. The molecule has 4 nitrogen and oxygen atoms in total. The second kappa shape index (κ2) is 7.85. The van der Waals surface area contributed by atoms with Gasteiger partial charge in [0.2, 0.25) is 0 Å². The van der Waals surface area contributed by atoms with Crippen molar-refractivity contribution >= 4 is 0 Å². The number of benzene rings is 1. The van der Waals surface area contributed by atoms with Crippen LogP contribution in [0.4, 0.5) is 0 Å². The minimum absolute atomic E-state index is 0.0436. The Morgan fingerprint density at radius 2 is 2.00 bits per heavy atom. The topological polar surface area (TPSA) is 54.6 Å². The molecule has 20 heavy (non-hydrogen) atoms. The molecular weight excluding hydrogens is 254 g/mol. The van der Waals surface area contributed by atoms with E-state index in [0.717, 1.165) is 11.3 Å². The molecule has 0 radical (unpaired) electrons. The lowest BCUT2D eigenvalue weighted by Gasteiger charge is -2.24.